The van der Waals surface area contributed by atoms with Gasteiger partial charge in [-0.25, -0.2) is 4.98 Å². The molecule has 0 aliphatic carbocycles. The zero-order valence-corrected chi connectivity index (χ0v) is 9.40. The smallest absolute Gasteiger partial charge is 0.0925 e. The third-order valence-corrected chi connectivity index (χ3v) is 2.34. The molecule has 0 atom stereocenters. The second kappa shape index (κ2) is 7.80. The molecule has 72 valence electrons. The van der Waals surface area contributed by atoms with E-state index >= 15 is 0 Å². The van der Waals surface area contributed by atoms with Gasteiger partial charge in [-0.05, 0) is 13.0 Å². The Hall–Kier alpha value is 0.170. The van der Waals surface area contributed by atoms with Crippen molar-refractivity contribution in [2.45, 2.75) is 19.8 Å². The molecule has 0 saturated carbocycles. The van der Waals surface area contributed by atoms with Crippen LogP contribution < -0.4 is 5.73 Å². The van der Waals surface area contributed by atoms with E-state index in [-0.39, 0.29) is 24.8 Å². The van der Waals surface area contributed by atoms with E-state index in [0.29, 0.717) is 6.54 Å². The molecule has 0 aliphatic heterocycles. The summed E-state index contributed by atoms with van der Waals surface area (Å²) in [5.74, 6) is 0. The van der Waals surface area contributed by atoms with Crippen LogP contribution in [0, 0.1) is 0 Å². The van der Waals surface area contributed by atoms with Crippen molar-refractivity contribution in [3.8, 4) is 0 Å². The average Bonchev–Trinajstić information content (AvgIpc) is 2.37. The summed E-state index contributed by atoms with van der Waals surface area (Å²) in [6.07, 6.45) is 1.95. The zero-order chi connectivity index (χ0) is 7.40. The molecule has 1 heterocycles. The van der Waals surface area contributed by atoms with Crippen molar-refractivity contribution in [1.82, 2.24) is 4.98 Å². The molecular weight excluding hydrogens is 215 g/mol. The third kappa shape index (κ3) is 4.26. The van der Waals surface area contributed by atoms with Gasteiger partial charge in [0.2, 0.25) is 0 Å². The summed E-state index contributed by atoms with van der Waals surface area (Å²) < 4.78 is 0. The van der Waals surface area contributed by atoms with Crippen molar-refractivity contribution < 1.29 is 0 Å². The van der Waals surface area contributed by atoms with Crippen molar-refractivity contribution in [1.29, 1.82) is 0 Å². The van der Waals surface area contributed by atoms with Crippen LogP contribution in [-0.2, 0) is 12.8 Å². The number of nitrogens with zero attached hydrogens (tertiary/aromatic N) is 1. The maximum atomic E-state index is 5.38. The molecule has 0 spiro atoms. The number of aryl methyl sites for hydroxylation is 1. The molecule has 0 unspecified atom stereocenters. The van der Waals surface area contributed by atoms with Crippen LogP contribution in [0.5, 0.6) is 0 Å². The molecule has 0 saturated heterocycles. The Morgan fingerprint density at radius 1 is 1.50 bits per heavy atom. The first-order valence-corrected chi connectivity index (χ1v) is 4.38. The average molecular weight is 229 g/mol. The van der Waals surface area contributed by atoms with Gasteiger partial charge in [0.25, 0.3) is 0 Å². The molecule has 0 radical (unpaired) electrons. The number of hydrogen-bond donors (Lipinski definition) is 1. The molecule has 0 aromatic carbocycles. The number of hydrogen-bond acceptors (Lipinski definition) is 3. The molecule has 1 rings (SSSR count). The Balaban J connectivity index is 0. The van der Waals surface area contributed by atoms with Crippen LogP contribution in [0.25, 0.3) is 0 Å². The molecule has 0 bridgehead atoms. The standard InChI is InChI=1S/C7H12N2S.2ClH/c1-2-7-9-6(3-4-8)5-10-7;;/h5H,2-4,8H2,1H3;2*1H. The van der Waals surface area contributed by atoms with Gasteiger partial charge >= 0.3 is 0 Å². The molecule has 12 heavy (non-hydrogen) atoms. The molecule has 2 N–H and O–H groups in total. The minimum absolute atomic E-state index is 0. The quantitative estimate of drug-likeness (QED) is 0.861. The maximum absolute atomic E-state index is 5.38. The minimum atomic E-state index is 0. The summed E-state index contributed by atoms with van der Waals surface area (Å²) in [5.41, 5.74) is 6.52. The monoisotopic (exact) mass is 228 g/mol. The van der Waals surface area contributed by atoms with E-state index in [1.807, 2.05) is 0 Å². The van der Waals surface area contributed by atoms with Crippen LogP contribution >= 0.6 is 36.2 Å². The molecule has 0 amide bonds. The van der Waals surface area contributed by atoms with Gasteiger partial charge in [-0.15, -0.1) is 36.2 Å². The lowest BCUT2D eigenvalue weighted by molar-refractivity contribution is 0.918. The Labute approximate surface area is 89.4 Å². The Morgan fingerprint density at radius 2 is 2.17 bits per heavy atom. The van der Waals surface area contributed by atoms with E-state index in [9.17, 15) is 0 Å². The number of thiazole rings is 1. The van der Waals surface area contributed by atoms with Crippen molar-refractivity contribution in [2.75, 3.05) is 6.54 Å². The first kappa shape index (κ1) is 14.7. The van der Waals surface area contributed by atoms with Gasteiger partial charge in [0.05, 0.1) is 10.7 Å². The van der Waals surface area contributed by atoms with Crippen molar-refractivity contribution in [3.63, 3.8) is 0 Å². The second-order valence-corrected chi connectivity index (χ2v) is 3.07. The van der Waals surface area contributed by atoms with E-state index in [1.54, 1.807) is 11.3 Å². The topological polar surface area (TPSA) is 38.9 Å². The van der Waals surface area contributed by atoms with E-state index in [1.165, 1.54) is 5.01 Å². The van der Waals surface area contributed by atoms with Gasteiger partial charge < -0.3 is 5.73 Å². The van der Waals surface area contributed by atoms with Crippen molar-refractivity contribution >= 4 is 36.2 Å². The van der Waals surface area contributed by atoms with Gasteiger partial charge in [0.15, 0.2) is 0 Å². The fraction of sp³-hybridized carbons (Fsp3) is 0.571. The fourth-order valence-electron chi connectivity index (χ4n) is 0.774. The summed E-state index contributed by atoms with van der Waals surface area (Å²) >= 11 is 1.72. The van der Waals surface area contributed by atoms with Crippen molar-refractivity contribution in [3.05, 3.63) is 16.1 Å². The lowest BCUT2D eigenvalue weighted by Gasteiger charge is -1.87. The van der Waals surface area contributed by atoms with Gasteiger partial charge in [-0.3, -0.25) is 0 Å². The van der Waals surface area contributed by atoms with Crippen LogP contribution in [0.3, 0.4) is 0 Å². The lowest BCUT2D eigenvalue weighted by atomic mass is 10.3. The number of aromatic nitrogens is 1. The molecule has 1 aromatic rings. The minimum Gasteiger partial charge on any atom is -0.330 e. The Kier molecular flexibility index (Phi) is 9.54. The number of nitrogens with two attached hydrogens (primary N) is 1. The van der Waals surface area contributed by atoms with Crippen LogP contribution in [0.1, 0.15) is 17.6 Å². The SMILES string of the molecule is CCc1nc(CCN)cs1.Cl.Cl. The molecular formula is C7H14Cl2N2S. The first-order chi connectivity index (χ1) is 4.86. The highest BCUT2D eigenvalue weighted by Crippen LogP contribution is 2.09. The van der Waals surface area contributed by atoms with Crippen LogP contribution in [0.4, 0.5) is 0 Å². The first-order valence-electron chi connectivity index (χ1n) is 3.50. The van der Waals surface area contributed by atoms with Gasteiger partial charge in [0, 0.05) is 11.8 Å². The maximum Gasteiger partial charge on any atom is 0.0925 e. The van der Waals surface area contributed by atoms with E-state index in [2.05, 4.69) is 17.3 Å². The summed E-state index contributed by atoms with van der Waals surface area (Å²) in [6.45, 7) is 2.82. The largest absolute Gasteiger partial charge is 0.330 e. The summed E-state index contributed by atoms with van der Waals surface area (Å²) in [6, 6.07) is 0. The van der Waals surface area contributed by atoms with Crippen LogP contribution in [0.2, 0.25) is 0 Å². The normalized spacial score (nSPS) is 8.50. The van der Waals surface area contributed by atoms with Crippen molar-refractivity contribution in [2.24, 2.45) is 5.73 Å². The second-order valence-electron chi connectivity index (χ2n) is 2.12. The zero-order valence-electron chi connectivity index (χ0n) is 6.95. The fourth-order valence-corrected chi connectivity index (χ4v) is 1.55. The van der Waals surface area contributed by atoms with Crippen LogP contribution in [-0.4, -0.2) is 11.5 Å². The van der Waals surface area contributed by atoms with E-state index in [4.69, 9.17) is 5.73 Å². The number of halogens is 2. The Morgan fingerprint density at radius 3 is 2.58 bits per heavy atom. The molecule has 0 aliphatic rings. The molecule has 1 aromatic heterocycles. The van der Waals surface area contributed by atoms with Crippen LogP contribution in [0.15, 0.2) is 5.38 Å². The van der Waals surface area contributed by atoms with Gasteiger partial charge in [0.1, 0.15) is 0 Å². The molecule has 5 heteroatoms. The summed E-state index contributed by atoms with van der Waals surface area (Å²) in [4.78, 5) is 4.36. The highest BCUT2D eigenvalue weighted by molar-refractivity contribution is 7.09. The van der Waals surface area contributed by atoms with Gasteiger partial charge in [-0.1, -0.05) is 6.92 Å². The predicted octanol–water partition coefficient (Wildman–Crippen LogP) is 2.05. The third-order valence-electron chi connectivity index (χ3n) is 1.30. The molecule has 0 fully saturated rings. The predicted molar refractivity (Wildman–Crippen MR) is 58.7 cm³/mol. The highest BCUT2D eigenvalue weighted by Gasteiger charge is 1.97. The van der Waals surface area contributed by atoms with E-state index < -0.39 is 0 Å². The lowest BCUT2D eigenvalue weighted by Crippen LogP contribution is -2.02. The summed E-state index contributed by atoms with van der Waals surface area (Å²) in [5, 5.41) is 3.30. The van der Waals surface area contributed by atoms with Gasteiger partial charge in [-0.2, -0.15) is 0 Å². The summed E-state index contributed by atoms with van der Waals surface area (Å²) in [7, 11) is 0. The molecule has 2 nitrogen and oxygen atoms in total. The van der Waals surface area contributed by atoms with E-state index in [0.717, 1.165) is 18.5 Å². The highest BCUT2D eigenvalue weighted by atomic mass is 35.5. The number of rotatable bonds is 3. The Bertz CT molecular complexity index is 203.